The molecule has 0 aliphatic carbocycles. The minimum Gasteiger partial charge on any atom is -0.473 e. The fourth-order valence-electron chi connectivity index (χ4n) is 2.63. The molecule has 2 aromatic rings. The van der Waals surface area contributed by atoms with Crippen molar-refractivity contribution in [3.8, 4) is 0 Å². The van der Waals surface area contributed by atoms with Crippen molar-refractivity contribution < 1.29 is 28.2 Å². The molecule has 9 nitrogen and oxygen atoms in total. The van der Waals surface area contributed by atoms with Crippen molar-refractivity contribution in [2.45, 2.75) is 11.4 Å². The maximum Gasteiger partial charge on any atom is 0.414 e. The van der Waals surface area contributed by atoms with Gasteiger partial charge in [0.1, 0.15) is 0 Å². The molecule has 0 radical (unpaired) electrons. The number of sulfonamides is 1. The lowest BCUT2D eigenvalue weighted by Gasteiger charge is -2.33. The van der Waals surface area contributed by atoms with E-state index >= 15 is 0 Å². The number of rotatable bonds is 4. The molecule has 0 atom stereocenters. The summed E-state index contributed by atoms with van der Waals surface area (Å²) in [7, 11) is -3.44. The highest BCUT2D eigenvalue weighted by molar-refractivity contribution is 7.89. The van der Waals surface area contributed by atoms with Crippen molar-refractivity contribution in [2.75, 3.05) is 26.2 Å². The van der Waals surface area contributed by atoms with Crippen LogP contribution in [0.3, 0.4) is 0 Å². The number of nitrogens with zero attached hydrogens (tertiary/aromatic N) is 3. The molecule has 3 rings (SSSR count). The van der Waals surface area contributed by atoms with Crippen LogP contribution in [0, 0.1) is 0 Å². The Hall–Kier alpha value is -2.53. The number of carboxylic acids is 2. The van der Waals surface area contributed by atoms with E-state index in [4.69, 9.17) is 31.4 Å². The first-order chi connectivity index (χ1) is 13.7. The third-order valence-corrected chi connectivity index (χ3v) is 6.26. The molecule has 1 aromatic carbocycles. The number of piperazine rings is 1. The summed E-state index contributed by atoms with van der Waals surface area (Å²) in [4.78, 5) is 24.8. The van der Waals surface area contributed by atoms with Crippen molar-refractivity contribution in [2.24, 2.45) is 0 Å². The van der Waals surface area contributed by atoms with Crippen molar-refractivity contribution >= 4 is 33.6 Å². The van der Waals surface area contributed by atoms with Crippen LogP contribution in [0.25, 0.3) is 0 Å². The summed E-state index contributed by atoms with van der Waals surface area (Å²) in [5.41, 5.74) is 1.14. The fraction of sp³-hybridized carbons (Fsp3) is 0.278. The van der Waals surface area contributed by atoms with Gasteiger partial charge in [-0.3, -0.25) is 9.88 Å². The Morgan fingerprint density at radius 3 is 2.07 bits per heavy atom. The van der Waals surface area contributed by atoms with Crippen LogP contribution in [-0.2, 0) is 26.2 Å². The molecular weight excluding hydrogens is 422 g/mol. The predicted molar refractivity (Wildman–Crippen MR) is 105 cm³/mol. The summed E-state index contributed by atoms with van der Waals surface area (Å²) < 4.78 is 26.8. The summed E-state index contributed by atoms with van der Waals surface area (Å²) in [6, 6.07) is 10.3. The molecule has 2 heterocycles. The monoisotopic (exact) mass is 441 g/mol. The summed E-state index contributed by atoms with van der Waals surface area (Å²) in [6.45, 7) is 3.20. The topological polar surface area (TPSA) is 128 Å². The van der Waals surface area contributed by atoms with Gasteiger partial charge in [0.15, 0.2) is 0 Å². The predicted octanol–water partition coefficient (Wildman–Crippen LogP) is 1.40. The zero-order chi connectivity index (χ0) is 21.4. The molecule has 0 bridgehead atoms. The molecule has 1 aromatic heterocycles. The SMILES string of the molecule is O=C(O)C(=O)O.O=S(=O)(c1ccc(Cl)cc1)N1CCN(Cc2cccnc2)CC1. The van der Waals surface area contributed by atoms with Gasteiger partial charge in [-0.2, -0.15) is 4.31 Å². The summed E-state index contributed by atoms with van der Waals surface area (Å²) in [5.74, 6) is -3.65. The largest absolute Gasteiger partial charge is 0.473 e. The highest BCUT2D eigenvalue weighted by Gasteiger charge is 2.28. The number of aromatic nitrogens is 1. The van der Waals surface area contributed by atoms with Crippen LogP contribution in [0.2, 0.25) is 5.02 Å². The first kappa shape index (κ1) is 22.8. The molecule has 1 aliphatic rings. The zero-order valence-corrected chi connectivity index (χ0v) is 16.9. The van der Waals surface area contributed by atoms with Gasteiger partial charge in [0, 0.05) is 50.1 Å². The Labute approximate surface area is 173 Å². The van der Waals surface area contributed by atoms with Gasteiger partial charge >= 0.3 is 11.9 Å². The minimum absolute atomic E-state index is 0.294. The fourth-order valence-corrected chi connectivity index (χ4v) is 4.18. The third kappa shape index (κ3) is 6.79. The molecule has 0 amide bonds. The average molecular weight is 442 g/mol. The Balaban J connectivity index is 0.000000438. The molecule has 1 fully saturated rings. The molecule has 11 heteroatoms. The van der Waals surface area contributed by atoms with Crippen LogP contribution in [0.15, 0.2) is 53.7 Å². The molecule has 0 spiro atoms. The normalized spacial score (nSPS) is 15.2. The van der Waals surface area contributed by atoms with E-state index in [-0.39, 0.29) is 0 Å². The number of aliphatic carboxylic acids is 2. The Bertz CT molecular complexity index is 918. The maximum atomic E-state index is 12.6. The number of carboxylic acid groups (broad SMARTS) is 2. The molecule has 156 valence electrons. The number of hydrogen-bond donors (Lipinski definition) is 2. The van der Waals surface area contributed by atoms with E-state index < -0.39 is 22.0 Å². The van der Waals surface area contributed by atoms with Gasteiger partial charge in [0.2, 0.25) is 10.0 Å². The molecule has 1 aliphatic heterocycles. The van der Waals surface area contributed by atoms with Crippen molar-refractivity contribution in [3.63, 3.8) is 0 Å². The van der Waals surface area contributed by atoms with Gasteiger partial charge in [-0.1, -0.05) is 17.7 Å². The zero-order valence-electron chi connectivity index (χ0n) is 15.3. The average Bonchev–Trinajstić information content (AvgIpc) is 2.70. The molecule has 0 unspecified atom stereocenters. The van der Waals surface area contributed by atoms with E-state index in [1.54, 1.807) is 30.5 Å². The number of halogens is 1. The highest BCUT2D eigenvalue weighted by atomic mass is 35.5. The van der Waals surface area contributed by atoms with Gasteiger partial charge in [0.05, 0.1) is 4.90 Å². The standard InChI is InChI=1S/C16H18ClN3O2S.C2H2O4/c17-15-3-5-16(6-4-15)23(21,22)20-10-8-19(9-11-20)13-14-2-1-7-18-12-14;3-1(4)2(5)6/h1-7,12H,8-11,13H2;(H,3,4)(H,5,6). The van der Waals surface area contributed by atoms with Gasteiger partial charge < -0.3 is 10.2 Å². The van der Waals surface area contributed by atoms with Crippen molar-refractivity contribution in [3.05, 3.63) is 59.4 Å². The number of hydrogen-bond acceptors (Lipinski definition) is 6. The lowest BCUT2D eigenvalue weighted by Crippen LogP contribution is -2.48. The molecule has 2 N–H and O–H groups in total. The van der Waals surface area contributed by atoms with Crippen LogP contribution in [0.5, 0.6) is 0 Å². The Kier molecular flexibility index (Phi) is 8.09. The van der Waals surface area contributed by atoms with Crippen molar-refractivity contribution in [1.29, 1.82) is 0 Å². The van der Waals surface area contributed by atoms with Crippen LogP contribution >= 0.6 is 11.6 Å². The Morgan fingerprint density at radius 2 is 1.59 bits per heavy atom. The van der Waals surface area contributed by atoms with E-state index in [0.29, 0.717) is 36.1 Å². The molecule has 29 heavy (non-hydrogen) atoms. The lowest BCUT2D eigenvalue weighted by atomic mass is 10.2. The van der Waals surface area contributed by atoms with E-state index in [1.807, 2.05) is 18.3 Å². The highest BCUT2D eigenvalue weighted by Crippen LogP contribution is 2.20. The van der Waals surface area contributed by atoms with E-state index in [9.17, 15) is 8.42 Å². The van der Waals surface area contributed by atoms with Gasteiger partial charge in [0.25, 0.3) is 0 Å². The van der Waals surface area contributed by atoms with Crippen LogP contribution in [0.1, 0.15) is 5.56 Å². The molecular formula is C18H20ClN3O6S. The van der Waals surface area contributed by atoms with E-state index in [0.717, 1.165) is 12.1 Å². The van der Waals surface area contributed by atoms with Crippen LogP contribution < -0.4 is 0 Å². The summed E-state index contributed by atoms with van der Waals surface area (Å²) >= 11 is 5.82. The first-order valence-corrected chi connectivity index (χ1v) is 10.3. The summed E-state index contributed by atoms with van der Waals surface area (Å²) in [6.07, 6.45) is 3.59. The number of pyridine rings is 1. The Morgan fingerprint density at radius 1 is 1.00 bits per heavy atom. The van der Waals surface area contributed by atoms with Gasteiger partial charge in [-0.05, 0) is 35.9 Å². The lowest BCUT2D eigenvalue weighted by molar-refractivity contribution is -0.159. The number of benzene rings is 1. The second-order valence-electron chi connectivity index (χ2n) is 6.11. The second kappa shape index (κ2) is 10.3. The van der Waals surface area contributed by atoms with E-state index in [1.165, 1.54) is 4.31 Å². The van der Waals surface area contributed by atoms with Gasteiger partial charge in [-0.15, -0.1) is 0 Å². The maximum absolute atomic E-state index is 12.6. The minimum atomic E-state index is -3.44. The van der Waals surface area contributed by atoms with Gasteiger partial charge in [-0.25, -0.2) is 18.0 Å². The first-order valence-electron chi connectivity index (χ1n) is 8.53. The third-order valence-electron chi connectivity index (χ3n) is 4.09. The molecule has 0 saturated carbocycles. The van der Waals surface area contributed by atoms with Crippen molar-refractivity contribution in [1.82, 2.24) is 14.2 Å². The van der Waals surface area contributed by atoms with Crippen LogP contribution in [-0.4, -0.2) is 70.9 Å². The summed E-state index contributed by atoms with van der Waals surface area (Å²) in [5, 5.41) is 15.3. The smallest absolute Gasteiger partial charge is 0.414 e. The van der Waals surface area contributed by atoms with E-state index in [2.05, 4.69) is 9.88 Å². The quantitative estimate of drug-likeness (QED) is 0.681. The second-order valence-corrected chi connectivity index (χ2v) is 8.48. The molecule has 1 saturated heterocycles. The number of carbonyl (C=O) groups is 2. The van der Waals surface area contributed by atoms with Crippen LogP contribution in [0.4, 0.5) is 0 Å².